The summed E-state index contributed by atoms with van der Waals surface area (Å²) in [5, 5.41) is 13.7. The third kappa shape index (κ3) is 4.48. The fourth-order valence-electron chi connectivity index (χ4n) is 2.75. The number of thioether (sulfide) groups is 1. The van der Waals surface area contributed by atoms with E-state index in [1.165, 1.54) is 5.56 Å². The molecule has 27 heavy (non-hydrogen) atoms. The van der Waals surface area contributed by atoms with Gasteiger partial charge in [-0.25, -0.2) is 0 Å². The molecule has 4 rings (SSSR count). The molecule has 0 saturated carbocycles. The molecule has 0 aliphatic rings. The van der Waals surface area contributed by atoms with Gasteiger partial charge in [0.2, 0.25) is 0 Å². The summed E-state index contributed by atoms with van der Waals surface area (Å²) in [6.45, 7) is 0.809. The van der Waals surface area contributed by atoms with Crippen LogP contribution in [0.2, 0.25) is 0 Å². The highest BCUT2D eigenvalue weighted by molar-refractivity contribution is 9.10. The molecule has 0 unspecified atom stereocenters. The second kappa shape index (κ2) is 8.54. The summed E-state index contributed by atoms with van der Waals surface area (Å²) in [6, 6.07) is 20.5. The van der Waals surface area contributed by atoms with E-state index in [1.807, 2.05) is 24.3 Å². The molecule has 0 spiro atoms. The van der Waals surface area contributed by atoms with Crippen molar-refractivity contribution < 1.29 is 4.52 Å². The summed E-state index contributed by atoms with van der Waals surface area (Å²) < 4.78 is 8.14. The van der Waals surface area contributed by atoms with Crippen LogP contribution in [0.4, 0.5) is 0 Å². The van der Waals surface area contributed by atoms with Crippen LogP contribution in [0.3, 0.4) is 0 Å². The lowest BCUT2D eigenvalue weighted by molar-refractivity contribution is 0.414. The lowest BCUT2D eigenvalue weighted by Gasteiger charge is -2.10. The molecule has 5 nitrogen and oxygen atoms in total. The fourth-order valence-corrected chi connectivity index (χ4v) is 3.87. The summed E-state index contributed by atoms with van der Waals surface area (Å²) in [5.41, 5.74) is 3.23. The van der Waals surface area contributed by atoms with Gasteiger partial charge in [0.1, 0.15) is 6.26 Å². The first-order valence-electron chi connectivity index (χ1n) is 8.55. The molecule has 0 saturated heterocycles. The highest BCUT2D eigenvalue weighted by atomic mass is 79.9. The van der Waals surface area contributed by atoms with Crippen molar-refractivity contribution in [1.82, 2.24) is 19.9 Å². The quantitative estimate of drug-likeness (QED) is 0.368. The molecule has 0 atom stereocenters. The zero-order chi connectivity index (χ0) is 18.5. The van der Waals surface area contributed by atoms with Crippen LogP contribution in [-0.4, -0.2) is 19.9 Å². The molecule has 2 aromatic heterocycles. The minimum absolute atomic E-state index is 0.695. The SMILES string of the molecule is Brc1ccc(-c2nnc(SCc3ccon3)n2CCc2ccccc2)cc1. The van der Waals surface area contributed by atoms with Gasteiger partial charge in [-0.15, -0.1) is 10.2 Å². The topological polar surface area (TPSA) is 56.7 Å². The highest BCUT2D eigenvalue weighted by Gasteiger charge is 2.15. The van der Waals surface area contributed by atoms with E-state index in [0.29, 0.717) is 5.75 Å². The minimum atomic E-state index is 0.695. The first-order chi connectivity index (χ1) is 13.3. The van der Waals surface area contributed by atoms with Gasteiger partial charge in [-0.2, -0.15) is 0 Å². The number of halogens is 1. The normalized spacial score (nSPS) is 11.0. The standard InChI is InChI=1S/C20H17BrN4OS/c21-17-8-6-16(7-9-17)19-22-23-20(27-14-18-11-13-26-24-18)25(19)12-10-15-4-2-1-3-5-15/h1-9,11,13H,10,12,14H2. The van der Waals surface area contributed by atoms with Crippen molar-refractivity contribution in [3.8, 4) is 11.4 Å². The predicted octanol–water partition coefficient (Wildman–Crippen LogP) is 5.23. The Morgan fingerprint density at radius 3 is 2.52 bits per heavy atom. The van der Waals surface area contributed by atoms with Gasteiger partial charge in [0.05, 0.1) is 5.69 Å². The number of hydrogen-bond donors (Lipinski definition) is 0. The Bertz CT molecular complexity index is 985. The van der Waals surface area contributed by atoms with E-state index in [2.05, 4.69) is 72.2 Å². The van der Waals surface area contributed by atoms with Crippen molar-refractivity contribution in [2.75, 3.05) is 0 Å². The first kappa shape index (κ1) is 18.0. The van der Waals surface area contributed by atoms with E-state index < -0.39 is 0 Å². The maximum absolute atomic E-state index is 4.91. The predicted molar refractivity (Wildman–Crippen MR) is 109 cm³/mol. The Hall–Kier alpha value is -2.38. The van der Waals surface area contributed by atoms with Crippen molar-refractivity contribution in [3.05, 3.63) is 82.7 Å². The molecule has 0 amide bonds. The maximum Gasteiger partial charge on any atom is 0.191 e. The van der Waals surface area contributed by atoms with Gasteiger partial charge in [0, 0.05) is 28.4 Å². The van der Waals surface area contributed by atoms with E-state index in [-0.39, 0.29) is 0 Å². The summed E-state index contributed by atoms with van der Waals surface area (Å²) in [7, 11) is 0. The molecule has 0 radical (unpaired) electrons. The molecule has 136 valence electrons. The summed E-state index contributed by atoms with van der Waals surface area (Å²) >= 11 is 5.10. The molecule has 4 aromatic rings. The fraction of sp³-hybridized carbons (Fsp3) is 0.150. The zero-order valence-corrected chi connectivity index (χ0v) is 16.9. The summed E-state index contributed by atoms with van der Waals surface area (Å²) in [4.78, 5) is 0. The molecule has 0 aliphatic carbocycles. The lowest BCUT2D eigenvalue weighted by atomic mass is 10.1. The summed E-state index contributed by atoms with van der Waals surface area (Å²) in [6.07, 6.45) is 2.50. The molecule has 2 heterocycles. The highest BCUT2D eigenvalue weighted by Crippen LogP contribution is 2.27. The average Bonchev–Trinajstić information content (AvgIpc) is 3.36. The third-order valence-corrected chi connectivity index (χ3v) is 5.66. The Labute approximate surface area is 169 Å². The van der Waals surface area contributed by atoms with Crippen LogP contribution in [0, 0.1) is 0 Å². The largest absolute Gasteiger partial charge is 0.364 e. The molecular formula is C20H17BrN4OS. The second-order valence-corrected chi connectivity index (χ2v) is 7.84. The number of nitrogens with zero attached hydrogens (tertiary/aromatic N) is 4. The van der Waals surface area contributed by atoms with Crippen molar-refractivity contribution >= 4 is 27.7 Å². The van der Waals surface area contributed by atoms with Crippen molar-refractivity contribution in [2.45, 2.75) is 23.9 Å². The number of hydrogen-bond acceptors (Lipinski definition) is 5. The van der Waals surface area contributed by atoms with Crippen molar-refractivity contribution in [1.29, 1.82) is 0 Å². The van der Waals surface area contributed by atoms with Crippen LogP contribution in [0.5, 0.6) is 0 Å². The van der Waals surface area contributed by atoms with Gasteiger partial charge in [0.15, 0.2) is 11.0 Å². The third-order valence-electron chi connectivity index (χ3n) is 4.13. The van der Waals surface area contributed by atoms with Crippen LogP contribution in [0.1, 0.15) is 11.3 Å². The Balaban J connectivity index is 1.60. The monoisotopic (exact) mass is 440 g/mol. The van der Waals surface area contributed by atoms with Crippen LogP contribution in [-0.2, 0) is 18.7 Å². The Morgan fingerprint density at radius 1 is 0.963 bits per heavy atom. The van der Waals surface area contributed by atoms with E-state index in [1.54, 1.807) is 18.0 Å². The van der Waals surface area contributed by atoms with Crippen LogP contribution >= 0.6 is 27.7 Å². The maximum atomic E-state index is 4.91. The van der Waals surface area contributed by atoms with Gasteiger partial charge in [0.25, 0.3) is 0 Å². The number of benzene rings is 2. The molecule has 7 heteroatoms. The molecule has 0 N–H and O–H groups in total. The van der Waals surface area contributed by atoms with Crippen LogP contribution in [0.15, 0.2) is 81.1 Å². The minimum Gasteiger partial charge on any atom is -0.364 e. The van der Waals surface area contributed by atoms with Gasteiger partial charge < -0.3 is 9.09 Å². The second-order valence-electron chi connectivity index (χ2n) is 5.98. The molecule has 0 bridgehead atoms. The van der Waals surface area contributed by atoms with Gasteiger partial charge >= 0.3 is 0 Å². The Kier molecular flexibility index (Phi) is 5.69. The van der Waals surface area contributed by atoms with Gasteiger partial charge in [-0.05, 0) is 24.1 Å². The number of aromatic nitrogens is 4. The van der Waals surface area contributed by atoms with E-state index >= 15 is 0 Å². The van der Waals surface area contributed by atoms with Crippen LogP contribution in [0.25, 0.3) is 11.4 Å². The molecule has 2 aromatic carbocycles. The molecule has 0 aliphatic heterocycles. The van der Waals surface area contributed by atoms with E-state index in [0.717, 1.165) is 39.7 Å². The van der Waals surface area contributed by atoms with E-state index in [4.69, 9.17) is 4.52 Å². The average molecular weight is 441 g/mol. The summed E-state index contributed by atoms with van der Waals surface area (Å²) in [5.74, 6) is 1.57. The molecule has 0 fully saturated rings. The molecular weight excluding hydrogens is 424 g/mol. The Morgan fingerprint density at radius 2 is 1.78 bits per heavy atom. The number of rotatable bonds is 7. The van der Waals surface area contributed by atoms with Gasteiger partial charge in [-0.1, -0.05) is 75.3 Å². The lowest BCUT2D eigenvalue weighted by Crippen LogP contribution is -2.05. The first-order valence-corrected chi connectivity index (χ1v) is 10.3. The smallest absolute Gasteiger partial charge is 0.191 e. The van der Waals surface area contributed by atoms with Crippen LogP contribution < -0.4 is 0 Å². The zero-order valence-electron chi connectivity index (χ0n) is 14.5. The van der Waals surface area contributed by atoms with E-state index in [9.17, 15) is 0 Å². The van der Waals surface area contributed by atoms with Crippen molar-refractivity contribution in [3.63, 3.8) is 0 Å². The number of aryl methyl sites for hydroxylation is 1. The van der Waals surface area contributed by atoms with Crippen molar-refractivity contribution in [2.24, 2.45) is 0 Å². The van der Waals surface area contributed by atoms with Gasteiger partial charge in [-0.3, -0.25) is 0 Å².